The highest BCUT2D eigenvalue weighted by atomic mass is 16.4. The molecule has 2 atom stereocenters. The smallest absolute Gasteiger partial charge is 0.307 e. The molecular weight excluding hydrogens is 142 g/mol. The van der Waals surface area contributed by atoms with Crippen LogP contribution >= 0.6 is 0 Å². The predicted octanol–water partition coefficient (Wildman–Crippen LogP) is 0.459. The lowest BCUT2D eigenvalue weighted by atomic mass is 10.0. The lowest BCUT2D eigenvalue weighted by Crippen LogP contribution is -2.23. The van der Waals surface area contributed by atoms with Gasteiger partial charge in [-0.15, -0.1) is 0 Å². The molecule has 2 N–H and O–H groups in total. The highest BCUT2D eigenvalue weighted by molar-refractivity contribution is 5.70. The van der Waals surface area contributed by atoms with Crippen LogP contribution in [-0.4, -0.2) is 23.7 Å². The zero-order chi connectivity index (χ0) is 7.84. The van der Waals surface area contributed by atoms with Gasteiger partial charge in [0.2, 0.25) is 0 Å². The molecule has 3 heteroatoms. The van der Waals surface area contributed by atoms with Crippen molar-refractivity contribution in [2.24, 2.45) is 11.8 Å². The molecule has 1 aliphatic heterocycles. The molecule has 0 aromatic carbocycles. The van der Waals surface area contributed by atoms with E-state index in [1.807, 2.05) is 0 Å². The van der Waals surface area contributed by atoms with Crippen LogP contribution in [0.25, 0.3) is 0 Å². The summed E-state index contributed by atoms with van der Waals surface area (Å²) in [4.78, 5) is 10.6. The summed E-state index contributed by atoms with van der Waals surface area (Å²) in [6.07, 6.45) is 3.44. The van der Waals surface area contributed by atoms with Gasteiger partial charge in [0.05, 0.1) is 5.92 Å². The Morgan fingerprint density at radius 3 is 2.64 bits per heavy atom. The molecule has 0 aromatic rings. The maximum Gasteiger partial charge on any atom is 0.307 e. The van der Waals surface area contributed by atoms with Gasteiger partial charge < -0.3 is 10.4 Å². The molecule has 0 amide bonds. The molecule has 0 spiro atoms. The summed E-state index contributed by atoms with van der Waals surface area (Å²) in [7, 11) is 0. The largest absolute Gasteiger partial charge is 0.481 e. The summed E-state index contributed by atoms with van der Waals surface area (Å²) in [5, 5.41) is 12.0. The minimum absolute atomic E-state index is 0.124. The number of rotatable bonds is 2. The first-order valence-electron chi connectivity index (χ1n) is 4.23. The average Bonchev–Trinajstić information content (AvgIpc) is 2.68. The maximum atomic E-state index is 10.6. The van der Waals surface area contributed by atoms with E-state index in [1.165, 1.54) is 12.8 Å². The summed E-state index contributed by atoms with van der Waals surface area (Å²) in [6, 6.07) is 0.510. The molecule has 0 bridgehead atoms. The molecule has 1 heterocycles. The zero-order valence-electron chi connectivity index (χ0n) is 6.42. The molecule has 1 saturated heterocycles. The van der Waals surface area contributed by atoms with Gasteiger partial charge in [-0.3, -0.25) is 4.79 Å². The van der Waals surface area contributed by atoms with Crippen LogP contribution in [0.4, 0.5) is 0 Å². The lowest BCUT2D eigenvalue weighted by molar-refractivity contribution is -0.141. The fourth-order valence-electron chi connectivity index (χ4n) is 1.81. The van der Waals surface area contributed by atoms with Crippen LogP contribution in [0.15, 0.2) is 0 Å². The molecule has 0 aromatic heterocycles. The van der Waals surface area contributed by atoms with Crippen molar-refractivity contribution in [3.63, 3.8) is 0 Å². The van der Waals surface area contributed by atoms with Crippen molar-refractivity contribution in [3.05, 3.63) is 0 Å². The topological polar surface area (TPSA) is 49.3 Å². The molecule has 2 aliphatic rings. The van der Waals surface area contributed by atoms with Crippen LogP contribution in [0.2, 0.25) is 0 Å². The molecular formula is C8H13NO2. The fraction of sp³-hybridized carbons (Fsp3) is 0.875. The van der Waals surface area contributed by atoms with E-state index in [4.69, 9.17) is 5.11 Å². The van der Waals surface area contributed by atoms with E-state index in [9.17, 15) is 4.79 Å². The second-order valence-corrected chi connectivity index (χ2v) is 3.62. The van der Waals surface area contributed by atoms with E-state index in [1.54, 1.807) is 0 Å². The zero-order valence-corrected chi connectivity index (χ0v) is 6.42. The summed E-state index contributed by atoms with van der Waals surface area (Å²) in [5.74, 6) is 0.0283. The van der Waals surface area contributed by atoms with E-state index in [2.05, 4.69) is 5.32 Å². The normalized spacial score (nSPS) is 37.5. The summed E-state index contributed by atoms with van der Waals surface area (Å²) in [5.41, 5.74) is 0. The fourth-order valence-corrected chi connectivity index (χ4v) is 1.81. The molecule has 2 rings (SSSR count). The SMILES string of the molecule is O=C(O)C1CNC(C2CC2)C1. The van der Waals surface area contributed by atoms with E-state index in [0.717, 1.165) is 12.3 Å². The van der Waals surface area contributed by atoms with Gasteiger partial charge in [-0.1, -0.05) is 0 Å². The van der Waals surface area contributed by atoms with Gasteiger partial charge in [0, 0.05) is 12.6 Å². The van der Waals surface area contributed by atoms with Crippen LogP contribution in [0, 0.1) is 11.8 Å². The summed E-state index contributed by atoms with van der Waals surface area (Å²) < 4.78 is 0. The third-order valence-corrected chi connectivity index (χ3v) is 2.71. The lowest BCUT2D eigenvalue weighted by Gasteiger charge is -2.05. The monoisotopic (exact) mass is 155 g/mol. The number of carbonyl (C=O) groups is 1. The highest BCUT2D eigenvalue weighted by Crippen LogP contribution is 2.37. The Morgan fingerprint density at radius 1 is 1.45 bits per heavy atom. The first-order chi connectivity index (χ1) is 5.27. The minimum atomic E-state index is -0.638. The average molecular weight is 155 g/mol. The Labute approximate surface area is 65.8 Å². The number of carboxylic acid groups (broad SMARTS) is 1. The van der Waals surface area contributed by atoms with Crippen molar-refractivity contribution in [2.45, 2.75) is 25.3 Å². The van der Waals surface area contributed by atoms with Gasteiger partial charge >= 0.3 is 5.97 Å². The van der Waals surface area contributed by atoms with Gasteiger partial charge in [0.15, 0.2) is 0 Å². The molecule has 2 fully saturated rings. The third kappa shape index (κ3) is 1.38. The van der Waals surface area contributed by atoms with Gasteiger partial charge in [0.1, 0.15) is 0 Å². The first-order valence-corrected chi connectivity index (χ1v) is 4.23. The molecule has 11 heavy (non-hydrogen) atoms. The number of hydrogen-bond donors (Lipinski definition) is 2. The Hall–Kier alpha value is -0.570. The maximum absolute atomic E-state index is 10.6. The number of nitrogens with one attached hydrogen (secondary N) is 1. The summed E-state index contributed by atoms with van der Waals surface area (Å²) in [6.45, 7) is 0.677. The molecule has 2 unspecified atom stereocenters. The second kappa shape index (κ2) is 2.48. The molecule has 1 aliphatic carbocycles. The van der Waals surface area contributed by atoms with Crippen LogP contribution in [-0.2, 0) is 4.79 Å². The van der Waals surface area contributed by atoms with E-state index >= 15 is 0 Å². The van der Waals surface area contributed by atoms with Gasteiger partial charge in [0.25, 0.3) is 0 Å². The van der Waals surface area contributed by atoms with Crippen molar-refractivity contribution in [1.29, 1.82) is 0 Å². The van der Waals surface area contributed by atoms with Crippen molar-refractivity contribution in [1.82, 2.24) is 5.32 Å². The van der Waals surface area contributed by atoms with Crippen LogP contribution in [0.1, 0.15) is 19.3 Å². The van der Waals surface area contributed by atoms with Gasteiger partial charge in [-0.05, 0) is 25.2 Å². The Kier molecular flexibility index (Phi) is 1.60. The van der Waals surface area contributed by atoms with Crippen LogP contribution in [0.5, 0.6) is 0 Å². The third-order valence-electron chi connectivity index (χ3n) is 2.71. The standard InChI is InChI=1S/C8H13NO2/c10-8(11)6-3-7(9-4-6)5-1-2-5/h5-7,9H,1-4H2,(H,10,11). The molecule has 3 nitrogen and oxygen atoms in total. The number of carboxylic acids is 1. The summed E-state index contributed by atoms with van der Waals surface area (Å²) >= 11 is 0. The highest BCUT2D eigenvalue weighted by Gasteiger charge is 2.38. The van der Waals surface area contributed by atoms with Crippen LogP contribution < -0.4 is 5.32 Å². The van der Waals surface area contributed by atoms with Crippen molar-refractivity contribution in [3.8, 4) is 0 Å². The molecule has 62 valence electrons. The van der Waals surface area contributed by atoms with E-state index in [0.29, 0.717) is 12.6 Å². The van der Waals surface area contributed by atoms with Gasteiger partial charge in [-0.2, -0.15) is 0 Å². The van der Waals surface area contributed by atoms with Crippen molar-refractivity contribution < 1.29 is 9.90 Å². The van der Waals surface area contributed by atoms with E-state index < -0.39 is 5.97 Å². The Bertz CT molecular complexity index is 177. The number of aliphatic carboxylic acids is 1. The van der Waals surface area contributed by atoms with Crippen molar-refractivity contribution in [2.75, 3.05) is 6.54 Å². The second-order valence-electron chi connectivity index (χ2n) is 3.62. The van der Waals surface area contributed by atoms with Crippen LogP contribution in [0.3, 0.4) is 0 Å². The first kappa shape index (κ1) is 7.10. The quantitative estimate of drug-likeness (QED) is 0.609. The van der Waals surface area contributed by atoms with Crippen molar-refractivity contribution >= 4 is 5.97 Å². The molecule has 1 saturated carbocycles. The Morgan fingerprint density at radius 2 is 2.18 bits per heavy atom. The molecule has 0 radical (unpaired) electrons. The van der Waals surface area contributed by atoms with E-state index in [-0.39, 0.29) is 5.92 Å². The van der Waals surface area contributed by atoms with Gasteiger partial charge in [-0.25, -0.2) is 0 Å². The minimum Gasteiger partial charge on any atom is -0.481 e. The Balaban J connectivity index is 1.87. The number of hydrogen-bond acceptors (Lipinski definition) is 2. The predicted molar refractivity (Wildman–Crippen MR) is 40.3 cm³/mol.